The largest absolute Gasteiger partial charge is 0.377 e. The molecule has 6 atom stereocenters. The topological polar surface area (TPSA) is 37.3 Å². The van der Waals surface area contributed by atoms with Crippen LogP contribution in [0.2, 0.25) is 0 Å². The molecule has 0 heterocycles. The van der Waals surface area contributed by atoms with Crippen LogP contribution in [0.3, 0.4) is 0 Å². The average molecular weight is 324 g/mol. The molecule has 24 heavy (non-hydrogen) atoms. The van der Waals surface area contributed by atoms with E-state index in [-0.39, 0.29) is 5.41 Å². The molecule has 2 nitrogen and oxygen atoms in total. The van der Waals surface area contributed by atoms with Gasteiger partial charge in [-0.2, -0.15) is 0 Å². The van der Waals surface area contributed by atoms with E-state index in [1.807, 2.05) is 6.08 Å². The summed E-state index contributed by atoms with van der Waals surface area (Å²) in [7, 11) is 0. The van der Waals surface area contributed by atoms with Crippen molar-refractivity contribution in [2.24, 2.45) is 29.1 Å². The summed E-state index contributed by atoms with van der Waals surface area (Å²) in [6.07, 6.45) is 15.1. The lowest BCUT2D eigenvalue weighted by molar-refractivity contribution is -0.116. The number of fused-ring (bicyclic) bond motifs is 5. The summed E-state index contributed by atoms with van der Waals surface area (Å²) in [6.45, 7) is 6.65. The maximum atomic E-state index is 11.8. The Labute approximate surface area is 145 Å². The third-order valence-electron chi connectivity index (χ3n) is 7.94. The maximum Gasteiger partial charge on any atom is 0.155 e. The second-order valence-corrected chi connectivity index (χ2v) is 8.55. The zero-order valence-electron chi connectivity index (χ0n) is 14.7. The molecule has 0 amide bonds. The fourth-order valence-electron chi connectivity index (χ4n) is 6.90. The number of aliphatic hydroxyl groups is 1. The third-order valence-corrected chi connectivity index (χ3v) is 7.94. The van der Waals surface area contributed by atoms with Crippen molar-refractivity contribution < 1.29 is 9.90 Å². The first-order valence-electron chi connectivity index (χ1n) is 9.57. The molecule has 4 aliphatic rings. The van der Waals surface area contributed by atoms with Gasteiger partial charge in [-0.3, -0.25) is 4.79 Å². The lowest BCUT2D eigenvalue weighted by Crippen LogP contribution is -2.54. The summed E-state index contributed by atoms with van der Waals surface area (Å²) < 4.78 is 0. The number of carbonyl (C=O) groups is 1. The minimum Gasteiger partial charge on any atom is -0.377 e. The molecule has 0 aromatic heterocycles. The first kappa shape index (κ1) is 16.2. The number of rotatable bonds is 1. The molecule has 3 saturated carbocycles. The molecular formula is C22H28O2. The molecular weight excluding hydrogens is 296 g/mol. The van der Waals surface area contributed by atoms with Crippen molar-refractivity contribution in [3.8, 4) is 12.3 Å². The van der Waals surface area contributed by atoms with Crippen LogP contribution in [0.5, 0.6) is 0 Å². The highest BCUT2D eigenvalue weighted by Crippen LogP contribution is 2.67. The van der Waals surface area contributed by atoms with Gasteiger partial charge in [-0.15, -0.1) is 6.42 Å². The molecule has 4 rings (SSSR count). The number of ketones is 1. The van der Waals surface area contributed by atoms with Gasteiger partial charge in [-0.05, 0) is 74.7 Å². The van der Waals surface area contributed by atoms with E-state index in [4.69, 9.17) is 6.42 Å². The van der Waals surface area contributed by atoms with Crippen molar-refractivity contribution in [1.82, 2.24) is 0 Å². The number of hydrogen-bond donors (Lipinski definition) is 1. The van der Waals surface area contributed by atoms with Gasteiger partial charge in [0.2, 0.25) is 0 Å². The van der Waals surface area contributed by atoms with Crippen molar-refractivity contribution in [3.05, 3.63) is 23.8 Å². The van der Waals surface area contributed by atoms with E-state index >= 15 is 0 Å². The second kappa shape index (κ2) is 5.33. The molecule has 0 spiro atoms. The van der Waals surface area contributed by atoms with Crippen molar-refractivity contribution in [3.63, 3.8) is 0 Å². The second-order valence-electron chi connectivity index (χ2n) is 8.55. The molecule has 0 bridgehead atoms. The Morgan fingerprint density at radius 3 is 2.88 bits per heavy atom. The molecule has 128 valence electrons. The number of hydrogen-bond acceptors (Lipinski definition) is 2. The van der Waals surface area contributed by atoms with Crippen molar-refractivity contribution in [2.45, 2.75) is 63.9 Å². The van der Waals surface area contributed by atoms with Gasteiger partial charge in [0.05, 0.1) is 0 Å². The molecule has 4 aliphatic carbocycles. The number of carbonyl (C=O) groups excluding carboxylic acids is 1. The molecule has 2 heteroatoms. The summed E-state index contributed by atoms with van der Waals surface area (Å²) in [5, 5.41) is 11.2. The van der Waals surface area contributed by atoms with Crippen LogP contribution in [-0.2, 0) is 4.79 Å². The Bertz CT molecular complexity index is 666. The normalized spacial score (nSPS) is 47.3. The van der Waals surface area contributed by atoms with Gasteiger partial charge in [-0.25, -0.2) is 0 Å². The Morgan fingerprint density at radius 1 is 1.38 bits per heavy atom. The van der Waals surface area contributed by atoms with E-state index in [1.165, 1.54) is 11.1 Å². The number of terminal acetylenes is 1. The fourth-order valence-corrected chi connectivity index (χ4v) is 6.90. The molecule has 0 aromatic carbocycles. The maximum absolute atomic E-state index is 11.8. The zero-order chi connectivity index (χ0) is 17.1. The van der Waals surface area contributed by atoms with E-state index < -0.39 is 5.60 Å². The van der Waals surface area contributed by atoms with Crippen LogP contribution in [0.25, 0.3) is 0 Å². The van der Waals surface area contributed by atoms with Crippen LogP contribution in [0.1, 0.15) is 58.3 Å². The summed E-state index contributed by atoms with van der Waals surface area (Å²) in [6, 6.07) is 0. The molecule has 3 fully saturated rings. The van der Waals surface area contributed by atoms with Gasteiger partial charge >= 0.3 is 0 Å². The summed E-state index contributed by atoms with van der Waals surface area (Å²) in [5.74, 6) is 5.13. The first-order chi connectivity index (χ1) is 11.5. The van der Waals surface area contributed by atoms with Crippen LogP contribution < -0.4 is 0 Å². The Balaban J connectivity index is 1.74. The third kappa shape index (κ3) is 1.91. The smallest absolute Gasteiger partial charge is 0.155 e. The van der Waals surface area contributed by atoms with Crippen LogP contribution in [-0.4, -0.2) is 16.5 Å². The van der Waals surface area contributed by atoms with Crippen molar-refractivity contribution >= 4 is 5.78 Å². The monoisotopic (exact) mass is 324 g/mol. The van der Waals surface area contributed by atoms with Crippen LogP contribution in [0.15, 0.2) is 23.8 Å². The molecule has 0 aromatic rings. The van der Waals surface area contributed by atoms with Crippen LogP contribution in [0.4, 0.5) is 0 Å². The minimum absolute atomic E-state index is 0.189. The summed E-state index contributed by atoms with van der Waals surface area (Å²) >= 11 is 0. The van der Waals surface area contributed by atoms with Gasteiger partial charge in [0, 0.05) is 11.8 Å². The zero-order valence-corrected chi connectivity index (χ0v) is 14.7. The molecule has 0 radical (unpaired) electrons. The predicted molar refractivity (Wildman–Crippen MR) is 95.0 cm³/mol. The van der Waals surface area contributed by atoms with Gasteiger partial charge < -0.3 is 5.11 Å². The standard InChI is InChI=1S/C22H28O2/c1-4-21-13-14(3)20-17-9-7-16(23)12-15(17)6-8-18(20)19(21)10-11-22(21,24)5-2/h2,12,17-20,24H,3-4,6-11,13H2,1H3/t17-,18?,19-,20+,21-,22-/m0/s1. The highest BCUT2D eigenvalue weighted by Gasteiger charge is 2.64. The quantitative estimate of drug-likeness (QED) is 0.583. The van der Waals surface area contributed by atoms with Gasteiger partial charge in [0.25, 0.3) is 0 Å². The van der Waals surface area contributed by atoms with E-state index in [9.17, 15) is 9.90 Å². The van der Waals surface area contributed by atoms with E-state index in [2.05, 4.69) is 19.4 Å². The molecule has 0 aliphatic heterocycles. The predicted octanol–water partition coefficient (Wildman–Crippen LogP) is 4.05. The first-order valence-corrected chi connectivity index (χ1v) is 9.57. The van der Waals surface area contributed by atoms with Crippen molar-refractivity contribution in [2.75, 3.05) is 0 Å². The van der Waals surface area contributed by atoms with E-state index in [1.54, 1.807) is 0 Å². The number of allylic oxidation sites excluding steroid dienone is 2. The minimum atomic E-state index is -0.973. The summed E-state index contributed by atoms with van der Waals surface area (Å²) in [5.41, 5.74) is 1.48. The Morgan fingerprint density at radius 2 is 2.17 bits per heavy atom. The van der Waals surface area contributed by atoms with Gasteiger partial charge in [-0.1, -0.05) is 30.6 Å². The van der Waals surface area contributed by atoms with Gasteiger partial charge in [0.1, 0.15) is 5.60 Å². The van der Waals surface area contributed by atoms with Crippen LogP contribution in [0, 0.1) is 41.4 Å². The van der Waals surface area contributed by atoms with E-state index in [0.717, 1.165) is 44.9 Å². The fraction of sp³-hybridized carbons (Fsp3) is 0.682. The van der Waals surface area contributed by atoms with Gasteiger partial charge in [0.15, 0.2) is 5.78 Å². The highest BCUT2D eigenvalue weighted by molar-refractivity contribution is 5.91. The Kier molecular flexibility index (Phi) is 3.59. The average Bonchev–Trinajstić information content (AvgIpc) is 2.88. The van der Waals surface area contributed by atoms with Crippen LogP contribution >= 0.6 is 0 Å². The molecule has 0 saturated heterocycles. The molecule has 1 unspecified atom stereocenters. The Hall–Kier alpha value is -1.33. The lowest BCUT2D eigenvalue weighted by atomic mass is 9.48. The molecule has 1 N–H and O–H groups in total. The van der Waals surface area contributed by atoms with Crippen molar-refractivity contribution in [1.29, 1.82) is 0 Å². The summed E-state index contributed by atoms with van der Waals surface area (Å²) in [4.78, 5) is 11.8. The SMILES string of the molecule is C#C[C@]1(O)CC[C@H]2C3CCC4=CC(=O)CC[C@@H]4[C@H]3C(=C)C[C@@]21CC. The van der Waals surface area contributed by atoms with E-state index in [0.29, 0.717) is 35.9 Å². The highest BCUT2D eigenvalue weighted by atomic mass is 16.3. The lowest BCUT2D eigenvalue weighted by Gasteiger charge is -2.56.